The molecule has 0 radical (unpaired) electrons. The molecule has 1 N–H and O–H groups in total. The molecule has 24 valence electrons. The summed E-state index contributed by atoms with van der Waals surface area (Å²) in [5.74, 6) is 0. The van der Waals surface area contributed by atoms with Crippen LogP contribution in [0.1, 0.15) is 0 Å². The van der Waals surface area contributed by atoms with Gasteiger partial charge in [-0.15, -0.1) is 0 Å². The van der Waals surface area contributed by atoms with Crippen LogP contribution in [0.25, 0.3) is 0 Å². The zero-order chi connectivity index (χ0) is 2.00. The fraction of sp³-hybridized carbons (Fsp3) is 0. The quantitative estimate of drug-likeness (QED) is 0.353. The van der Waals surface area contributed by atoms with E-state index in [1.165, 1.54) is 0 Å². The molecule has 0 aromatic carbocycles. The second-order valence-electron chi connectivity index (χ2n) is 0. The van der Waals surface area contributed by atoms with Gasteiger partial charge in [0.25, 0.3) is 0 Å². The molecule has 0 saturated carbocycles. The molecule has 0 atom stereocenters. The van der Waals surface area contributed by atoms with E-state index in [0.717, 1.165) is 0 Å². The molecule has 0 bridgehead atoms. The van der Waals surface area contributed by atoms with Crippen LogP contribution in [0.5, 0.6) is 0 Å². The molecule has 0 aromatic rings. The van der Waals surface area contributed by atoms with Crippen LogP contribution in [0.15, 0.2) is 0 Å². The Hall–Kier alpha value is 1.78. The number of rotatable bonds is 0. The van der Waals surface area contributed by atoms with Crippen LogP contribution in [0.4, 0.5) is 0 Å². The first-order valence-corrected chi connectivity index (χ1v) is 0.697. The Labute approximate surface area is 60.6 Å². The Morgan fingerprint density at radius 3 is 1.25 bits per heavy atom. The van der Waals surface area contributed by atoms with E-state index in [2.05, 4.69) is 0 Å². The first kappa shape index (κ1) is 17.1. The summed E-state index contributed by atoms with van der Waals surface area (Å²) in [4.78, 5) is 0. The topological polar surface area (TPSA) is 20.2 Å². The Morgan fingerprint density at radius 2 is 1.25 bits per heavy atom. The summed E-state index contributed by atoms with van der Waals surface area (Å²) in [7, 11) is 0. The van der Waals surface area contributed by atoms with Gasteiger partial charge >= 0.3 is 43.6 Å². The van der Waals surface area contributed by atoms with E-state index in [1.807, 2.05) is 16.3 Å². The fourth-order valence-corrected chi connectivity index (χ4v) is 0. The second kappa shape index (κ2) is 21.6. The molecular weight excluding hydrogens is 122 g/mol. The van der Waals surface area contributed by atoms with Crippen molar-refractivity contribution in [2.75, 3.05) is 0 Å². The van der Waals surface area contributed by atoms with Crippen LogP contribution < -0.4 is 0 Å². The van der Waals surface area contributed by atoms with Gasteiger partial charge in [-0.3, -0.25) is 0 Å². The molecule has 0 aliphatic heterocycles. The van der Waals surface area contributed by atoms with Gasteiger partial charge in [-0.05, 0) is 0 Å². The van der Waals surface area contributed by atoms with E-state index >= 15 is 0 Å². The van der Waals surface area contributed by atoms with Crippen molar-refractivity contribution >= 4 is 40.4 Å². The van der Waals surface area contributed by atoms with Crippen LogP contribution >= 0.6 is 0 Å². The Kier molecular flexibility index (Phi) is 92.2. The van der Waals surface area contributed by atoms with Crippen molar-refractivity contribution in [3.8, 4) is 0 Å². The first-order valence-electron chi connectivity index (χ1n) is 0.169. The summed E-state index contributed by atoms with van der Waals surface area (Å²) in [6.45, 7) is 0. The van der Waals surface area contributed by atoms with Gasteiger partial charge in [0.2, 0.25) is 0 Å². The number of hydrogen-bond donors (Lipinski definition) is 1. The molecule has 0 aromatic heterocycles. The standard InChI is InChI=1S/Al.Mg.Mn.H2O.5H/h;;;1H2;;;;;/q;;+1;;;;;;/p-1. The molecule has 0 saturated heterocycles. The van der Waals surface area contributed by atoms with Gasteiger partial charge in [0.05, 0.1) is 0 Å². The van der Waals surface area contributed by atoms with Crippen LogP contribution in [-0.4, -0.2) is 44.6 Å². The average molecular weight is 128 g/mol. The summed E-state index contributed by atoms with van der Waals surface area (Å²) in [6.07, 6.45) is 0. The normalized spacial score (nSPS) is 1.50. The Morgan fingerprint density at radius 1 is 1.25 bits per heavy atom. The summed E-state index contributed by atoms with van der Waals surface area (Å²) >= 11 is 1.94. The van der Waals surface area contributed by atoms with Crippen LogP contribution in [0.3, 0.4) is 0 Å². The van der Waals surface area contributed by atoms with Crippen molar-refractivity contribution < 1.29 is 20.5 Å². The number of hydrogen-bond acceptors (Lipinski definition) is 1. The Bertz CT molecular complexity index is 8.00. The molecule has 0 rings (SSSR count). The minimum atomic E-state index is 0. The van der Waals surface area contributed by atoms with Crippen LogP contribution in [0, 0.1) is 0 Å². The maximum absolute atomic E-state index is 6.81. The van der Waals surface area contributed by atoms with Crippen molar-refractivity contribution in [1.29, 1.82) is 0 Å². The predicted octanol–water partition coefficient (Wildman–Crippen LogP) is -2.66. The molecule has 0 aliphatic carbocycles. The van der Waals surface area contributed by atoms with E-state index in [4.69, 9.17) is 4.19 Å². The molecule has 0 aliphatic rings. The van der Waals surface area contributed by atoms with Gasteiger partial charge in [0.1, 0.15) is 0 Å². The van der Waals surface area contributed by atoms with Crippen molar-refractivity contribution in [1.82, 2.24) is 0 Å². The molecule has 0 heterocycles. The summed E-state index contributed by atoms with van der Waals surface area (Å²) in [6, 6.07) is 0. The van der Waals surface area contributed by atoms with Crippen molar-refractivity contribution in [2.45, 2.75) is 0 Å². The van der Waals surface area contributed by atoms with Crippen molar-refractivity contribution in [3.05, 3.63) is 0 Å². The van der Waals surface area contributed by atoms with E-state index < -0.39 is 0 Å². The zero-order valence-electron chi connectivity index (χ0n) is 0.825. The average Bonchev–Trinajstić information content (AvgIpc) is 1.00. The molecule has 0 fully saturated rings. The monoisotopic (exact) mass is 128 g/mol. The van der Waals surface area contributed by atoms with Gasteiger partial charge in [-0.25, -0.2) is 0 Å². The minimum absolute atomic E-state index is 0. The third kappa shape index (κ3) is 9.22. The Balaban J connectivity index is -0.00000000500. The second-order valence-corrected chi connectivity index (χ2v) is 0. The molecule has 4 heavy (non-hydrogen) atoms. The molecule has 0 amide bonds. The molecule has 4 heteroatoms. The van der Waals surface area contributed by atoms with Crippen molar-refractivity contribution in [2.24, 2.45) is 0 Å². The summed E-state index contributed by atoms with van der Waals surface area (Å²) in [5.41, 5.74) is 0. The van der Waals surface area contributed by atoms with E-state index in [1.54, 1.807) is 0 Å². The van der Waals surface area contributed by atoms with Gasteiger partial charge in [-0.2, -0.15) is 0 Å². The first-order chi connectivity index (χ1) is 1.00. The van der Waals surface area contributed by atoms with Gasteiger partial charge in [0.15, 0.2) is 17.4 Å². The third-order valence-electron chi connectivity index (χ3n) is 0. The third-order valence-corrected chi connectivity index (χ3v) is 0. The van der Waals surface area contributed by atoms with Crippen LogP contribution in [0.2, 0.25) is 0 Å². The van der Waals surface area contributed by atoms with Gasteiger partial charge < -0.3 is 0 Å². The molecule has 0 unspecified atom stereocenters. The summed E-state index contributed by atoms with van der Waals surface area (Å²) < 4.78 is 6.81. The van der Waals surface area contributed by atoms with E-state index in [-0.39, 0.29) is 40.4 Å². The predicted molar refractivity (Wildman–Crippen MR) is 20.7 cm³/mol. The van der Waals surface area contributed by atoms with Crippen molar-refractivity contribution in [3.63, 3.8) is 0 Å². The fourth-order valence-electron chi connectivity index (χ4n) is 0. The van der Waals surface area contributed by atoms with Crippen LogP contribution in [-0.2, 0) is 16.3 Å². The molecule has 0 spiro atoms. The van der Waals surface area contributed by atoms with E-state index in [0.29, 0.717) is 0 Å². The zero-order valence-corrected chi connectivity index (χ0v) is 2.01. The molecular formula is H6AlMgMnO. The molecule has 1 nitrogen and oxygen atoms in total. The summed E-state index contributed by atoms with van der Waals surface area (Å²) in [5, 5.41) is 0. The maximum atomic E-state index is 6.81. The SMILES string of the molecule is [AlH3].[MgH2].[OH][Mn]. The van der Waals surface area contributed by atoms with E-state index in [9.17, 15) is 0 Å². The van der Waals surface area contributed by atoms with Gasteiger partial charge in [0, 0.05) is 0 Å². The van der Waals surface area contributed by atoms with Gasteiger partial charge in [-0.1, -0.05) is 0 Å².